The van der Waals surface area contributed by atoms with Crippen LogP contribution in [0.3, 0.4) is 0 Å². The summed E-state index contributed by atoms with van der Waals surface area (Å²) in [7, 11) is 0. The molecular weight excluding hydrogens is 486 g/mol. The minimum atomic E-state index is -0.465. The molecule has 3 N–H and O–H groups in total. The van der Waals surface area contributed by atoms with Gasteiger partial charge in [-0.1, -0.05) is 23.9 Å². The van der Waals surface area contributed by atoms with E-state index in [2.05, 4.69) is 25.9 Å². The van der Waals surface area contributed by atoms with E-state index < -0.39 is 6.09 Å². The molecule has 1 aliphatic rings. The summed E-state index contributed by atoms with van der Waals surface area (Å²) in [4.78, 5) is 20.4. The van der Waals surface area contributed by atoms with Crippen molar-refractivity contribution in [2.45, 2.75) is 50.4 Å². The number of carbonyl (C=O) groups excluding carboxylic acids is 1. The molecule has 0 aliphatic heterocycles. The van der Waals surface area contributed by atoms with Gasteiger partial charge in [-0.05, 0) is 63.4 Å². The average molecular weight is 518 g/mol. The number of nitrogens with zero attached hydrogens (tertiary/aromatic N) is 3. The lowest BCUT2D eigenvalue weighted by Crippen LogP contribution is -2.18. The van der Waals surface area contributed by atoms with E-state index in [9.17, 15) is 4.79 Å². The molecule has 4 aromatic rings. The Morgan fingerprint density at radius 1 is 1.16 bits per heavy atom. The lowest BCUT2D eigenvalue weighted by molar-refractivity contribution is 0.130. The molecule has 2 aromatic heterocycles. The van der Waals surface area contributed by atoms with E-state index in [0.717, 1.165) is 57.3 Å². The van der Waals surface area contributed by atoms with Crippen molar-refractivity contribution < 1.29 is 14.3 Å². The molecule has 0 radical (unpaired) electrons. The number of rotatable bonds is 9. The van der Waals surface area contributed by atoms with Crippen LogP contribution in [0.1, 0.15) is 39.2 Å². The fraction of sp³-hybridized carbons (Fsp3) is 0.321. The third-order valence-electron chi connectivity index (χ3n) is 6.33. The van der Waals surface area contributed by atoms with Crippen molar-refractivity contribution in [1.82, 2.24) is 14.5 Å². The van der Waals surface area contributed by atoms with Gasteiger partial charge in [0.25, 0.3) is 0 Å². The predicted octanol–water partition coefficient (Wildman–Crippen LogP) is 6.53. The number of nitrogens with two attached hydrogens (primary N) is 1. The summed E-state index contributed by atoms with van der Waals surface area (Å²) in [5.74, 6) is 1.57. The van der Waals surface area contributed by atoms with Gasteiger partial charge < -0.3 is 19.8 Å². The third-order valence-corrected chi connectivity index (χ3v) is 7.17. The normalized spacial score (nSPS) is 13.5. The van der Waals surface area contributed by atoms with Gasteiger partial charge in [-0.3, -0.25) is 5.32 Å². The maximum atomic E-state index is 12.0. The highest BCUT2D eigenvalue weighted by Crippen LogP contribution is 2.45. The molecule has 0 atom stereocenters. The standard InChI is InChI=1S/C28H31N5O3S/c1-18(2)36-28(34)32-20-9-7-19(8-10-20)26-25(29)23-12-11-22(17-24(23)33(26)21-5-3-6-21)35-15-16-37-27-30-13-4-14-31-27/h4,7-14,17-18,21H,3,5-6,15-16,29H2,1-2H3,(H,32,34). The van der Waals surface area contributed by atoms with Gasteiger partial charge in [0.1, 0.15) is 5.75 Å². The summed E-state index contributed by atoms with van der Waals surface area (Å²) in [6, 6.07) is 16.1. The molecule has 8 nitrogen and oxygen atoms in total. The number of hydrogen-bond donors (Lipinski definition) is 2. The first-order valence-electron chi connectivity index (χ1n) is 12.5. The summed E-state index contributed by atoms with van der Waals surface area (Å²) in [5, 5.41) is 4.53. The number of carbonyl (C=O) groups is 1. The van der Waals surface area contributed by atoms with Crippen molar-refractivity contribution in [2.75, 3.05) is 23.4 Å². The molecule has 37 heavy (non-hydrogen) atoms. The van der Waals surface area contributed by atoms with Gasteiger partial charge in [-0.15, -0.1) is 0 Å². The van der Waals surface area contributed by atoms with E-state index in [4.69, 9.17) is 15.2 Å². The molecule has 192 valence electrons. The van der Waals surface area contributed by atoms with E-state index >= 15 is 0 Å². The fourth-order valence-electron chi connectivity index (χ4n) is 4.45. The van der Waals surface area contributed by atoms with Gasteiger partial charge in [0.15, 0.2) is 5.16 Å². The molecular formula is C28H31N5O3S. The number of fused-ring (bicyclic) bond motifs is 1. The van der Waals surface area contributed by atoms with Crippen LogP contribution >= 0.6 is 11.8 Å². The second-order valence-corrected chi connectivity index (χ2v) is 10.3. The van der Waals surface area contributed by atoms with Crippen LogP contribution in [-0.2, 0) is 4.74 Å². The predicted molar refractivity (Wildman–Crippen MR) is 148 cm³/mol. The molecule has 0 saturated heterocycles. The van der Waals surface area contributed by atoms with Crippen LogP contribution in [0.15, 0.2) is 66.1 Å². The van der Waals surface area contributed by atoms with E-state index in [1.165, 1.54) is 6.42 Å². The van der Waals surface area contributed by atoms with Crippen LogP contribution in [0.4, 0.5) is 16.2 Å². The number of ether oxygens (including phenoxy) is 2. The Labute approximate surface area is 220 Å². The Balaban J connectivity index is 1.37. The highest BCUT2D eigenvalue weighted by molar-refractivity contribution is 7.99. The molecule has 0 spiro atoms. The lowest BCUT2D eigenvalue weighted by Gasteiger charge is -2.30. The van der Waals surface area contributed by atoms with Crippen LogP contribution in [0.2, 0.25) is 0 Å². The topological polar surface area (TPSA) is 104 Å². The Hall–Kier alpha value is -3.72. The van der Waals surface area contributed by atoms with E-state index in [-0.39, 0.29) is 6.10 Å². The van der Waals surface area contributed by atoms with Gasteiger partial charge in [-0.2, -0.15) is 0 Å². The minimum Gasteiger partial charge on any atom is -0.493 e. The van der Waals surface area contributed by atoms with E-state index in [0.29, 0.717) is 18.3 Å². The van der Waals surface area contributed by atoms with Gasteiger partial charge in [0.2, 0.25) is 0 Å². The molecule has 0 bridgehead atoms. The molecule has 2 aromatic carbocycles. The number of nitrogens with one attached hydrogen (secondary N) is 1. The van der Waals surface area contributed by atoms with E-state index in [1.807, 2.05) is 56.3 Å². The highest BCUT2D eigenvalue weighted by atomic mass is 32.2. The fourth-order valence-corrected chi connectivity index (χ4v) is 5.07. The van der Waals surface area contributed by atoms with Crippen molar-refractivity contribution in [1.29, 1.82) is 0 Å². The minimum absolute atomic E-state index is 0.178. The zero-order valence-electron chi connectivity index (χ0n) is 21.0. The Bertz CT molecular complexity index is 1370. The zero-order valence-corrected chi connectivity index (χ0v) is 21.8. The van der Waals surface area contributed by atoms with Crippen LogP contribution in [0, 0.1) is 0 Å². The number of benzene rings is 2. The van der Waals surface area contributed by atoms with Crippen molar-refractivity contribution in [3.8, 4) is 17.0 Å². The number of thioether (sulfide) groups is 1. The summed E-state index contributed by atoms with van der Waals surface area (Å²) >= 11 is 1.57. The van der Waals surface area contributed by atoms with Gasteiger partial charge in [-0.25, -0.2) is 14.8 Å². The monoisotopic (exact) mass is 517 g/mol. The Morgan fingerprint density at radius 3 is 2.59 bits per heavy atom. The van der Waals surface area contributed by atoms with Crippen LogP contribution < -0.4 is 15.8 Å². The Kier molecular flexibility index (Phi) is 7.50. The number of anilines is 2. The van der Waals surface area contributed by atoms with E-state index in [1.54, 1.807) is 24.2 Å². The number of aromatic nitrogens is 3. The second-order valence-electron chi connectivity index (χ2n) is 9.28. The highest BCUT2D eigenvalue weighted by Gasteiger charge is 2.27. The molecule has 0 unspecified atom stereocenters. The Morgan fingerprint density at radius 2 is 1.92 bits per heavy atom. The molecule has 1 fully saturated rings. The summed E-state index contributed by atoms with van der Waals surface area (Å²) in [5.41, 5.74) is 11.2. The maximum absolute atomic E-state index is 12.0. The summed E-state index contributed by atoms with van der Waals surface area (Å²) < 4.78 is 13.6. The van der Waals surface area contributed by atoms with Crippen LogP contribution in [0.25, 0.3) is 22.2 Å². The molecule has 2 heterocycles. The lowest BCUT2D eigenvalue weighted by atomic mass is 9.92. The first-order valence-corrected chi connectivity index (χ1v) is 13.5. The average Bonchev–Trinajstić information content (AvgIpc) is 3.13. The van der Waals surface area contributed by atoms with Crippen LogP contribution in [0.5, 0.6) is 5.75 Å². The molecule has 1 saturated carbocycles. The second kappa shape index (κ2) is 11.1. The SMILES string of the molecule is CC(C)OC(=O)Nc1ccc(-c2c(N)c3ccc(OCCSc4ncccn4)cc3n2C2CCC2)cc1. The first-order chi connectivity index (χ1) is 18.0. The van der Waals surface area contributed by atoms with Crippen molar-refractivity contribution >= 4 is 40.1 Å². The van der Waals surface area contributed by atoms with Crippen molar-refractivity contribution in [3.63, 3.8) is 0 Å². The number of hydrogen-bond acceptors (Lipinski definition) is 7. The number of amides is 1. The van der Waals surface area contributed by atoms with Crippen molar-refractivity contribution in [2.24, 2.45) is 0 Å². The van der Waals surface area contributed by atoms with Crippen molar-refractivity contribution in [3.05, 3.63) is 60.9 Å². The summed E-state index contributed by atoms with van der Waals surface area (Å²) in [6.45, 7) is 4.19. The van der Waals surface area contributed by atoms with Gasteiger partial charge in [0, 0.05) is 46.9 Å². The molecule has 1 amide bonds. The quantitative estimate of drug-likeness (QED) is 0.148. The first kappa shape index (κ1) is 25.0. The smallest absolute Gasteiger partial charge is 0.411 e. The van der Waals surface area contributed by atoms with Crippen LogP contribution in [-0.4, -0.2) is 39.1 Å². The largest absolute Gasteiger partial charge is 0.493 e. The zero-order chi connectivity index (χ0) is 25.8. The molecule has 1 aliphatic carbocycles. The molecule has 9 heteroatoms. The summed E-state index contributed by atoms with van der Waals surface area (Å²) in [6.07, 6.45) is 6.29. The third kappa shape index (κ3) is 5.67. The maximum Gasteiger partial charge on any atom is 0.411 e. The van der Waals surface area contributed by atoms with Gasteiger partial charge >= 0.3 is 6.09 Å². The molecule has 5 rings (SSSR count). The van der Waals surface area contributed by atoms with Gasteiger partial charge in [0.05, 0.1) is 29.6 Å². The number of nitrogen functional groups attached to an aromatic ring is 1.